The number of carbonyl (C=O) groups excluding carboxylic acids is 1. The molecular weight excluding hydrogens is 388 g/mol. The summed E-state index contributed by atoms with van der Waals surface area (Å²) in [7, 11) is 3.10. The van der Waals surface area contributed by atoms with Crippen LogP contribution in [0.25, 0.3) is 17.1 Å². The van der Waals surface area contributed by atoms with Gasteiger partial charge in [0.25, 0.3) is 5.89 Å². The molecule has 0 aliphatic heterocycles. The molecule has 0 saturated carbocycles. The molecule has 0 radical (unpaired) electrons. The van der Waals surface area contributed by atoms with Gasteiger partial charge in [0, 0.05) is 18.0 Å². The van der Waals surface area contributed by atoms with Crippen molar-refractivity contribution in [3.8, 4) is 28.6 Å². The van der Waals surface area contributed by atoms with Gasteiger partial charge in [0.05, 0.1) is 25.5 Å². The maximum atomic E-state index is 12.3. The zero-order valence-corrected chi connectivity index (χ0v) is 16.3. The number of aromatic nitrogens is 4. The Hall–Kier alpha value is -4.14. The van der Waals surface area contributed by atoms with E-state index in [9.17, 15) is 4.79 Å². The smallest absolute Gasteiger partial charge is 0.338 e. The van der Waals surface area contributed by atoms with E-state index in [1.807, 2.05) is 12.3 Å². The van der Waals surface area contributed by atoms with Crippen molar-refractivity contribution in [3.63, 3.8) is 0 Å². The maximum absolute atomic E-state index is 12.3. The highest BCUT2D eigenvalue weighted by atomic mass is 16.6. The fourth-order valence-corrected chi connectivity index (χ4v) is 2.79. The summed E-state index contributed by atoms with van der Waals surface area (Å²) in [5.74, 6) is 1.18. The average molecular weight is 406 g/mol. The number of nitrogens with zero attached hydrogens (tertiary/aromatic N) is 4. The lowest BCUT2D eigenvalue weighted by atomic mass is 10.2. The molecular formula is C21H18N4O5. The van der Waals surface area contributed by atoms with Gasteiger partial charge < -0.3 is 18.7 Å². The maximum Gasteiger partial charge on any atom is 0.338 e. The van der Waals surface area contributed by atoms with Gasteiger partial charge in [-0.3, -0.25) is 0 Å². The lowest BCUT2D eigenvalue weighted by Gasteiger charge is -2.07. The summed E-state index contributed by atoms with van der Waals surface area (Å²) in [6.07, 6.45) is 3.50. The second-order valence-electron chi connectivity index (χ2n) is 6.16. The Labute approximate surface area is 171 Å². The molecule has 0 aliphatic rings. The highest BCUT2D eigenvalue weighted by molar-refractivity contribution is 5.89. The molecule has 0 fully saturated rings. The SMILES string of the molecule is COc1ccc(-c2noc(COC(=O)c3ccc(-n4cccn4)cc3)n2)cc1OC. The van der Waals surface area contributed by atoms with E-state index >= 15 is 0 Å². The van der Waals surface area contributed by atoms with Crippen molar-refractivity contribution in [2.45, 2.75) is 6.61 Å². The number of esters is 1. The van der Waals surface area contributed by atoms with Gasteiger partial charge in [-0.05, 0) is 48.5 Å². The normalized spacial score (nSPS) is 10.6. The van der Waals surface area contributed by atoms with E-state index in [0.717, 1.165) is 5.69 Å². The van der Waals surface area contributed by atoms with Crippen LogP contribution in [-0.2, 0) is 11.3 Å². The van der Waals surface area contributed by atoms with Crippen LogP contribution in [0.2, 0.25) is 0 Å². The van der Waals surface area contributed by atoms with E-state index in [-0.39, 0.29) is 12.5 Å². The minimum absolute atomic E-state index is 0.139. The van der Waals surface area contributed by atoms with Crippen molar-refractivity contribution in [1.29, 1.82) is 0 Å². The molecule has 4 aromatic rings. The Morgan fingerprint density at radius 2 is 1.87 bits per heavy atom. The molecule has 0 atom stereocenters. The van der Waals surface area contributed by atoms with E-state index < -0.39 is 5.97 Å². The monoisotopic (exact) mass is 406 g/mol. The molecule has 0 saturated heterocycles. The largest absolute Gasteiger partial charge is 0.493 e. The van der Waals surface area contributed by atoms with E-state index in [4.69, 9.17) is 18.7 Å². The van der Waals surface area contributed by atoms with E-state index in [1.54, 1.807) is 67.6 Å². The first-order chi connectivity index (χ1) is 14.7. The average Bonchev–Trinajstić information content (AvgIpc) is 3.49. The lowest BCUT2D eigenvalue weighted by molar-refractivity contribution is 0.0430. The minimum atomic E-state index is -0.493. The zero-order valence-electron chi connectivity index (χ0n) is 16.3. The van der Waals surface area contributed by atoms with Crippen LogP contribution in [0.1, 0.15) is 16.2 Å². The Morgan fingerprint density at radius 1 is 1.07 bits per heavy atom. The van der Waals surface area contributed by atoms with Crippen LogP contribution in [0.4, 0.5) is 0 Å². The predicted octanol–water partition coefficient (Wildman–Crippen LogP) is 3.30. The minimum Gasteiger partial charge on any atom is -0.493 e. The molecule has 0 spiro atoms. The molecule has 30 heavy (non-hydrogen) atoms. The summed E-state index contributed by atoms with van der Waals surface area (Å²) in [5.41, 5.74) is 1.93. The molecule has 2 aromatic heterocycles. The molecule has 9 heteroatoms. The molecule has 152 valence electrons. The second-order valence-corrected chi connectivity index (χ2v) is 6.16. The third-order valence-corrected chi connectivity index (χ3v) is 4.31. The summed E-state index contributed by atoms with van der Waals surface area (Å²) in [4.78, 5) is 16.5. The number of methoxy groups -OCH3 is 2. The summed E-state index contributed by atoms with van der Waals surface area (Å²) < 4.78 is 22.6. The Kier molecular flexibility index (Phi) is 5.42. The molecule has 4 rings (SSSR count). The van der Waals surface area contributed by atoms with Gasteiger partial charge in [-0.25, -0.2) is 9.48 Å². The first-order valence-electron chi connectivity index (χ1n) is 9.00. The van der Waals surface area contributed by atoms with Gasteiger partial charge in [0.1, 0.15) is 0 Å². The third-order valence-electron chi connectivity index (χ3n) is 4.31. The zero-order chi connectivity index (χ0) is 20.9. The van der Waals surface area contributed by atoms with E-state index in [0.29, 0.717) is 28.5 Å². The van der Waals surface area contributed by atoms with Gasteiger partial charge in [0.2, 0.25) is 5.82 Å². The van der Waals surface area contributed by atoms with Crippen LogP contribution in [0.3, 0.4) is 0 Å². The molecule has 0 amide bonds. The third kappa shape index (κ3) is 4.00. The first-order valence-corrected chi connectivity index (χ1v) is 9.00. The standard InChI is InChI=1S/C21H18N4O5/c1-27-17-9-6-15(12-18(17)28-2)20-23-19(30-24-20)13-29-21(26)14-4-7-16(8-5-14)25-11-3-10-22-25/h3-12H,13H2,1-2H3. The number of rotatable bonds is 7. The number of carbonyl (C=O) groups is 1. The number of benzene rings is 2. The van der Waals surface area contributed by atoms with Crippen LogP contribution in [0.15, 0.2) is 65.4 Å². The quantitative estimate of drug-likeness (QED) is 0.431. The highest BCUT2D eigenvalue weighted by Crippen LogP contribution is 2.31. The Morgan fingerprint density at radius 3 is 2.57 bits per heavy atom. The van der Waals surface area contributed by atoms with Gasteiger partial charge >= 0.3 is 5.97 Å². The van der Waals surface area contributed by atoms with Gasteiger partial charge in [-0.15, -0.1) is 0 Å². The molecule has 0 aliphatic carbocycles. The molecule has 0 N–H and O–H groups in total. The Bertz CT molecular complexity index is 1140. The second kappa shape index (κ2) is 8.48. The van der Waals surface area contributed by atoms with Crippen molar-refractivity contribution in [1.82, 2.24) is 19.9 Å². The summed E-state index contributed by atoms with van der Waals surface area (Å²) in [6, 6.07) is 14.0. The molecule has 2 heterocycles. The molecule has 9 nitrogen and oxygen atoms in total. The molecule has 0 unspecified atom stereocenters. The fourth-order valence-electron chi connectivity index (χ4n) is 2.79. The van der Waals surface area contributed by atoms with Crippen LogP contribution >= 0.6 is 0 Å². The molecule has 2 aromatic carbocycles. The summed E-state index contributed by atoms with van der Waals surface area (Å²) >= 11 is 0. The lowest BCUT2D eigenvalue weighted by Crippen LogP contribution is -2.06. The highest BCUT2D eigenvalue weighted by Gasteiger charge is 2.14. The fraction of sp³-hybridized carbons (Fsp3) is 0.143. The Balaban J connectivity index is 1.40. The van der Waals surface area contributed by atoms with Crippen LogP contribution < -0.4 is 9.47 Å². The summed E-state index contributed by atoms with van der Waals surface area (Å²) in [5, 5.41) is 8.07. The van der Waals surface area contributed by atoms with E-state index in [2.05, 4.69) is 15.2 Å². The topological polar surface area (TPSA) is 102 Å². The van der Waals surface area contributed by atoms with Gasteiger partial charge in [0.15, 0.2) is 18.1 Å². The number of hydrogen-bond donors (Lipinski definition) is 0. The van der Waals surface area contributed by atoms with Crippen molar-refractivity contribution >= 4 is 5.97 Å². The van der Waals surface area contributed by atoms with Crippen LogP contribution in [0.5, 0.6) is 11.5 Å². The first kappa shape index (κ1) is 19.2. The van der Waals surface area contributed by atoms with Crippen molar-refractivity contribution in [2.24, 2.45) is 0 Å². The molecule has 0 bridgehead atoms. The van der Waals surface area contributed by atoms with Gasteiger partial charge in [-0.1, -0.05) is 5.16 Å². The van der Waals surface area contributed by atoms with Gasteiger partial charge in [-0.2, -0.15) is 10.1 Å². The predicted molar refractivity (Wildman–Crippen MR) is 106 cm³/mol. The number of ether oxygens (including phenoxy) is 3. The number of hydrogen-bond acceptors (Lipinski definition) is 8. The van der Waals surface area contributed by atoms with Crippen molar-refractivity contribution in [3.05, 3.63) is 72.4 Å². The van der Waals surface area contributed by atoms with Crippen molar-refractivity contribution < 1.29 is 23.5 Å². The van der Waals surface area contributed by atoms with Crippen molar-refractivity contribution in [2.75, 3.05) is 14.2 Å². The van der Waals surface area contributed by atoms with Crippen LogP contribution in [-0.4, -0.2) is 40.1 Å². The van der Waals surface area contributed by atoms with E-state index in [1.165, 1.54) is 0 Å². The van der Waals surface area contributed by atoms with Crippen LogP contribution in [0, 0.1) is 0 Å². The summed E-state index contributed by atoms with van der Waals surface area (Å²) in [6.45, 7) is -0.139.